The van der Waals surface area contributed by atoms with Crippen LogP contribution in [0.5, 0.6) is 0 Å². The molecule has 0 saturated heterocycles. The second-order valence-electron chi connectivity index (χ2n) is 3.20. The van der Waals surface area contributed by atoms with Crippen molar-refractivity contribution in [1.82, 2.24) is 5.32 Å². The number of nitrogens with zero attached hydrogens (tertiary/aromatic N) is 2. The summed E-state index contributed by atoms with van der Waals surface area (Å²) in [5, 5.41) is 17.8. The van der Waals surface area contributed by atoms with E-state index in [0.29, 0.717) is 0 Å². The quantitative estimate of drug-likeness (QED) is 0.632. The Morgan fingerprint density at radius 2 is 2.00 bits per heavy atom. The molecule has 0 aromatic heterocycles. The summed E-state index contributed by atoms with van der Waals surface area (Å²) in [5.74, 6) is -1.80. The first-order valence-corrected chi connectivity index (χ1v) is 4.43. The third-order valence-corrected chi connectivity index (χ3v) is 1.87. The second-order valence-corrected chi connectivity index (χ2v) is 3.20. The van der Waals surface area contributed by atoms with Gasteiger partial charge in [-0.25, -0.2) is 4.79 Å². The zero-order valence-electron chi connectivity index (χ0n) is 8.14. The highest BCUT2D eigenvalue weighted by molar-refractivity contribution is 5.87. The number of Topliss-reactive ketones (excluding diaryl/α,β-unsaturated/α-hetero) is 1. The summed E-state index contributed by atoms with van der Waals surface area (Å²) < 4.78 is 0. The van der Waals surface area contributed by atoms with E-state index in [0.717, 1.165) is 0 Å². The molecular weight excluding hydrogens is 202 g/mol. The van der Waals surface area contributed by atoms with Gasteiger partial charge in [-0.2, -0.15) is 10.2 Å². The molecule has 1 aliphatic heterocycles. The van der Waals surface area contributed by atoms with Gasteiger partial charge < -0.3 is 10.4 Å². The summed E-state index contributed by atoms with van der Waals surface area (Å²) in [6.45, 7) is 1.23. The molecule has 1 heterocycles. The van der Waals surface area contributed by atoms with Crippen LogP contribution < -0.4 is 5.32 Å². The number of amides is 1. The lowest BCUT2D eigenvalue weighted by Gasteiger charge is -2.11. The molecule has 1 amide bonds. The van der Waals surface area contributed by atoms with Crippen LogP contribution in [-0.2, 0) is 14.4 Å². The molecule has 0 aromatic carbocycles. The average molecular weight is 213 g/mol. The number of hydrogen-bond donors (Lipinski definition) is 2. The molecular formula is C8H11N3O4. The van der Waals surface area contributed by atoms with E-state index in [2.05, 4.69) is 15.5 Å². The normalized spacial score (nSPS) is 15.8. The third kappa shape index (κ3) is 3.84. The lowest BCUT2D eigenvalue weighted by Crippen LogP contribution is -2.40. The Balaban J connectivity index is 2.33. The van der Waals surface area contributed by atoms with Crippen LogP contribution in [0.1, 0.15) is 19.8 Å². The number of carboxylic acid groups (broad SMARTS) is 1. The molecule has 7 heteroatoms. The predicted molar refractivity (Wildman–Crippen MR) is 48.1 cm³/mol. The molecule has 0 aliphatic carbocycles. The molecule has 82 valence electrons. The number of hydrogen-bond acceptors (Lipinski definition) is 5. The number of aliphatic carboxylic acids is 1. The Bertz CT molecular complexity index is 320. The summed E-state index contributed by atoms with van der Waals surface area (Å²) >= 11 is 0. The molecule has 1 atom stereocenters. The molecule has 7 nitrogen and oxygen atoms in total. The maximum atomic E-state index is 11.1. The first kappa shape index (κ1) is 11.3. The van der Waals surface area contributed by atoms with Gasteiger partial charge in [0.2, 0.25) is 12.1 Å². The maximum absolute atomic E-state index is 11.1. The Hall–Kier alpha value is -1.79. The van der Waals surface area contributed by atoms with E-state index in [9.17, 15) is 14.4 Å². The Morgan fingerprint density at radius 1 is 1.40 bits per heavy atom. The topological polar surface area (TPSA) is 108 Å². The van der Waals surface area contributed by atoms with Crippen molar-refractivity contribution in [2.24, 2.45) is 10.2 Å². The molecule has 1 rings (SSSR count). The highest BCUT2D eigenvalue weighted by Gasteiger charge is 2.27. The SMILES string of the molecule is CC(=O)NC(CCC(=O)C1N=N1)C(=O)O. The maximum Gasteiger partial charge on any atom is 0.326 e. The minimum absolute atomic E-state index is 0.0505. The molecule has 0 fully saturated rings. The minimum atomic E-state index is -1.15. The highest BCUT2D eigenvalue weighted by atomic mass is 16.4. The van der Waals surface area contributed by atoms with Gasteiger partial charge in [0.05, 0.1) is 0 Å². The van der Waals surface area contributed by atoms with Crippen molar-refractivity contribution in [3.8, 4) is 0 Å². The van der Waals surface area contributed by atoms with Crippen LogP contribution >= 0.6 is 0 Å². The van der Waals surface area contributed by atoms with Crippen LogP contribution in [0.3, 0.4) is 0 Å². The summed E-state index contributed by atoms with van der Waals surface area (Å²) in [4.78, 5) is 32.4. The third-order valence-electron chi connectivity index (χ3n) is 1.87. The molecule has 15 heavy (non-hydrogen) atoms. The van der Waals surface area contributed by atoms with Gasteiger partial charge in [-0.3, -0.25) is 9.59 Å². The van der Waals surface area contributed by atoms with Crippen molar-refractivity contribution in [3.63, 3.8) is 0 Å². The van der Waals surface area contributed by atoms with E-state index >= 15 is 0 Å². The summed E-state index contributed by atoms with van der Waals surface area (Å²) in [6, 6.07) is -1.02. The number of nitrogens with one attached hydrogen (secondary N) is 1. The van der Waals surface area contributed by atoms with Crippen molar-refractivity contribution in [1.29, 1.82) is 0 Å². The van der Waals surface area contributed by atoms with Crippen molar-refractivity contribution in [2.45, 2.75) is 32.0 Å². The van der Waals surface area contributed by atoms with Crippen LogP contribution in [0.4, 0.5) is 0 Å². The standard InChI is InChI=1S/C8H11N3O4/c1-4(12)9-5(8(14)15)2-3-6(13)7-10-11-7/h5,7H,2-3H2,1H3,(H,9,12)(H,14,15). The van der Waals surface area contributed by atoms with Crippen LogP contribution in [-0.4, -0.2) is 35.0 Å². The van der Waals surface area contributed by atoms with E-state index < -0.39 is 24.1 Å². The predicted octanol–water partition coefficient (Wildman–Crippen LogP) is -0.283. The number of carbonyl (C=O) groups is 3. The molecule has 0 radical (unpaired) electrons. The van der Waals surface area contributed by atoms with E-state index in [1.54, 1.807) is 0 Å². The van der Waals surface area contributed by atoms with E-state index in [4.69, 9.17) is 5.11 Å². The summed E-state index contributed by atoms with van der Waals surface area (Å²) in [5.41, 5.74) is 0. The van der Waals surface area contributed by atoms with Gasteiger partial charge in [-0.15, -0.1) is 0 Å². The smallest absolute Gasteiger partial charge is 0.326 e. The van der Waals surface area contributed by atoms with Crippen molar-refractivity contribution >= 4 is 17.7 Å². The lowest BCUT2D eigenvalue weighted by molar-refractivity contribution is -0.141. The first-order chi connectivity index (χ1) is 7.00. The molecule has 0 aromatic rings. The summed E-state index contributed by atoms with van der Waals surface area (Å²) in [7, 11) is 0. The van der Waals surface area contributed by atoms with Crippen molar-refractivity contribution in [2.75, 3.05) is 0 Å². The van der Waals surface area contributed by atoms with Gasteiger partial charge in [-0.1, -0.05) is 0 Å². The molecule has 1 aliphatic rings. The van der Waals surface area contributed by atoms with Gasteiger partial charge in [-0.05, 0) is 6.42 Å². The zero-order valence-corrected chi connectivity index (χ0v) is 8.14. The largest absolute Gasteiger partial charge is 0.480 e. The van der Waals surface area contributed by atoms with Crippen molar-refractivity contribution in [3.05, 3.63) is 0 Å². The number of carbonyl (C=O) groups excluding carboxylic acids is 2. The Labute approximate surface area is 85.6 Å². The number of rotatable bonds is 6. The zero-order chi connectivity index (χ0) is 11.4. The van der Waals surface area contributed by atoms with Gasteiger partial charge in [0.1, 0.15) is 6.04 Å². The van der Waals surface area contributed by atoms with E-state index in [1.165, 1.54) is 6.92 Å². The van der Waals surface area contributed by atoms with Gasteiger partial charge in [0, 0.05) is 13.3 Å². The first-order valence-electron chi connectivity index (χ1n) is 4.43. The second kappa shape index (κ2) is 4.63. The monoisotopic (exact) mass is 213 g/mol. The summed E-state index contributed by atoms with van der Waals surface area (Å²) in [6.07, 6.45) is -0.485. The fourth-order valence-corrected chi connectivity index (χ4v) is 1.08. The molecule has 0 bridgehead atoms. The van der Waals surface area contributed by atoms with Crippen LogP contribution in [0, 0.1) is 0 Å². The Morgan fingerprint density at radius 3 is 2.40 bits per heavy atom. The van der Waals surface area contributed by atoms with Crippen molar-refractivity contribution < 1.29 is 19.5 Å². The highest BCUT2D eigenvalue weighted by Crippen LogP contribution is 2.14. The van der Waals surface area contributed by atoms with Gasteiger partial charge in [0.25, 0.3) is 0 Å². The van der Waals surface area contributed by atoms with Gasteiger partial charge >= 0.3 is 5.97 Å². The fourth-order valence-electron chi connectivity index (χ4n) is 1.08. The fraction of sp³-hybridized carbons (Fsp3) is 0.625. The van der Waals surface area contributed by atoms with Crippen LogP contribution in [0.15, 0.2) is 10.2 Å². The lowest BCUT2D eigenvalue weighted by atomic mass is 10.1. The average Bonchev–Trinajstić information content (AvgIpc) is 2.93. The van der Waals surface area contributed by atoms with E-state index in [1.807, 2.05) is 0 Å². The molecule has 0 spiro atoms. The van der Waals surface area contributed by atoms with Gasteiger partial charge in [0.15, 0.2) is 5.78 Å². The molecule has 0 saturated carbocycles. The minimum Gasteiger partial charge on any atom is -0.480 e. The van der Waals surface area contributed by atoms with Crippen LogP contribution in [0.25, 0.3) is 0 Å². The Kier molecular flexibility index (Phi) is 3.48. The van der Waals surface area contributed by atoms with Crippen LogP contribution in [0.2, 0.25) is 0 Å². The number of carboxylic acids is 1. The molecule has 1 unspecified atom stereocenters. The number of ketones is 1. The molecule has 2 N–H and O–H groups in total. The van der Waals surface area contributed by atoms with E-state index in [-0.39, 0.29) is 18.6 Å².